The Kier molecular flexibility index (Phi) is 5.19. The first-order valence-corrected chi connectivity index (χ1v) is 8.40. The number of methoxy groups -OCH3 is 1. The van der Waals surface area contributed by atoms with Crippen molar-refractivity contribution in [2.45, 2.75) is 13.5 Å². The monoisotopic (exact) mass is 401 g/mol. The highest BCUT2D eigenvalue weighted by molar-refractivity contribution is 9.10. The second-order valence-corrected chi connectivity index (χ2v) is 6.28. The molecule has 0 atom stereocenters. The Hall–Kier alpha value is -2.60. The molecule has 2 aromatic rings. The van der Waals surface area contributed by atoms with Gasteiger partial charge in [-0.2, -0.15) is 0 Å². The van der Waals surface area contributed by atoms with Crippen molar-refractivity contribution in [3.63, 3.8) is 0 Å². The van der Waals surface area contributed by atoms with Crippen LogP contribution in [0.3, 0.4) is 0 Å². The van der Waals surface area contributed by atoms with Gasteiger partial charge in [-0.15, -0.1) is 0 Å². The van der Waals surface area contributed by atoms with Gasteiger partial charge < -0.3 is 14.3 Å². The van der Waals surface area contributed by atoms with E-state index in [-0.39, 0.29) is 0 Å². The number of hydrogen-bond acceptors (Lipinski definition) is 5. The molecule has 6 heteroatoms. The molecule has 1 aliphatic heterocycles. The van der Waals surface area contributed by atoms with Crippen LogP contribution >= 0.6 is 15.9 Å². The number of carbonyl (C=O) groups excluding carboxylic acids is 1. The molecule has 128 valence electrons. The lowest BCUT2D eigenvalue weighted by molar-refractivity contribution is -0.136. The van der Waals surface area contributed by atoms with Crippen molar-refractivity contribution in [1.82, 2.24) is 0 Å². The lowest BCUT2D eigenvalue weighted by atomic mass is 10.1. The van der Waals surface area contributed by atoms with Crippen molar-refractivity contribution in [2.24, 2.45) is 5.16 Å². The molecule has 0 amide bonds. The number of nitrogens with zero attached hydrogens (tertiary/aromatic N) is 1. The molecule has 25 heavy (non-hydrogen) atoms. The zero-order valence-corrected chi connectivity index (χ0v) is 15.4. The molecule has 0 bridgehead atoms. The summed E-state index contributed by atoms with van der Waals surface area (Å²) in [6.07, 6.45) is 1.71. The topological polar surface area (TPSA) is 57.1 Å². The fourth-order valence-electron chi connectivity index (χ4n) is 2.38. The SMILES string of the molecule is COc1cc(/C=C2/C(=O)ON=C2C)cc(Br)c1OCc1ccccc1. The van der Waals surface area contributed by atoms with Gasteiger partial charge in [0.1, 0.15) is 6.61 Å². The van der Waals surface area contributed by atoms with Gasteiger partial charge in [0, 0.05) is 0 Å². The van der Waals surface area contributed by atoms with E-state index in [1.54, 1.807) is 26.2 Å². The van der Waals surface area contributed by atoms with Gasteiger partial charge >= 0.3 is 5.97 Å². The Bertz CT molecular complexity index is 859. The van der Waals surface area contributed by atoms with Gasteiger partial charge in [-0.25, -0.2) is 4.79 Å². The summed E-state index contributed by atoms with van der Waals surface area (Å²) in [5, 5.41) is 3.67. The van der Waals surface area contributed by atoms with Crippen LogP contribution in [0.4, 0.5) is 0 Å². The zero-order chi connectivity index (χ0) is 17.8. The normalized spacial score (nSPS) is 15.1. The van der Waals surface area contributed by atoms with E-state index in [0.29, 0.717) is 29.4 Å². The van der Waals surface area contributed by atoms with Crippen LogP contribution < -0.4 is 9.47 Å². The minimum Gasteiger partial charge on any atom is -0.493 e. The van der Waals surface area contributed by atoms with E-state index in [2.05, 4.69) is 25.9 Å². The highest BCUT2D eigenvalue weighted by atomic mass is 79.9. The second kappa shape index (κ2) is 7.53. The number of benzene rings is 2. The van der Waals surface area contributed by atoms with Crippen molar-refractivity contribution in [3.05, 3.63) is 63.6 Å². The lowest BCUT2D eigenvalue weighted by Gasteiger charge is -2.14. The number of halogens is 1. The van der Waals surface area contributed by atoms with Crippen LogP contribution in [0.2, 0.25) is 0 Å². The van der Waals surface area contributed by atoms with E-state index in [1.165, 1.54) is 0 Å². The molecule has 1 heterocycles. The summed E-state index contributed by atoms with van der Waals surface area (Å²) in [6.45, 7) is 2.15. The third-order valence-corrected chi connectivity index (χ3v) is 4.25. The third kappa shape index (κ3) is 3.91. The summed E-state index contributed by atoms with van der Waals surface area (Å²) in [6, 6.07) is 13.5. The molecule has 5 nitrogen and oxygen atoms in total. The summed E-state index contributed by atoms with van der Waals surface area (Å²) in [7, 11) is 1.57. The zero-order valence-electron chi connectivity index (χ0n) is 13.8. The van der Waals surface area contributed by atoms with Gasteiger partial charge in [-0.1, -0.05) is 35.5 Å². The van der Waals surface area contributed by atoms with Crippen LogP contribution in [-0.2, 0) is 16.2 Å². The fraction of sp³-hybridized carbons (Fsp3) is 0.158. The first kappa shape index (κ1) is 17.2. The first-order chi connectivity index (χ1) is 12.1. The fourth-order valence-corrected chi connectivity index (χ4v) is 2.95. The highest BCUT2D eigenvalue weighted by Crippen LogP contribution is 2.38. The van der Waals surface area contributed by atoms with Gasteiger partial charge in [0.25, 0.3) is 0 Å². The molecule has 2 aromatic carbocycles. The van der Waals surface area contributed by atoms with Gasteiger partial charge in [0.2, 0.25) is 0 Å². The van der Waals surface area contributed by atoms with Crippen molar-refractivity contribution >= 4 is 33.7 Å². The van der Waals surface area contributed by atoms with E-state index in [4.69, 9.17) is 9.47 Å². The minimum absolute atomic E-state index is 0.423. The molecular weight excluding hydrogens is 386 g/mol. The van der Waals surface area contributed by atoms with E-state index >= 15 is 0 Å². The smallest absolute Gasteiger partial charge is 0.367 e. The largest absolute Gasteiger partial charge is 0.493 e. The number of carbonyl (C=O) groups is 1. The molecule has 3 rings (SSSR count). The van der Waals surface area contributed by atoms with Crippen LogP contribution in [-0.4, -0.2) is 18.8 Å². The van der Waals surface area contributed by atoms with Crippen molar-refractivity contribution < 1.29 is 19.1 Å². The van der Waals surface area contributed by atoms with Crippen LogP contribution in [0.5, 0.6) is 11.5 Å². The molecular formula is C19H16BrNO4. The Balaban J connectivity index is 1.87. The third-order valence-electron chi connectivity index (χ3n) is 3.66. The molecule has 0 saturated heterocycles. The predicted octanol–water partition coefficient (Wildman–Crippen LogP) is 4.35. The molecule has 0 radical (unpaired) electrons. The van der Waals surface area contributed by atoms with Crippen LogP contribution in [0, 0.1) is 0 Å². The average molecular weight is 402 g/mol. The molecule has 0 spiro atoms. The molecule has 1 aliphatic rings. The van der Waals surface area contributed by atoms with Gasteiger partial charge in [0.05, 0.1) is 22.9 Å². The maximum absolute atomic E-state index is 11.7. The van der Waals surface area contributed by atoms with Crippen molar-refractivity contribution in [2.75, 3.05) is 7.11 Å². The molecule has 0 N–H and O–H groups in total. The highest BCUT2D eigenvalue weighted by Gasteiger charge is 2.22. The average Bonchev–Trinajstić information content (AvgIpc) is 2.93. The standard InChI is InChI=1S/C19H16BrNO4/c1-12-15(19(22)25-21-12)8-14-9-16(20)18(17(10-14)23-2)24-11-13-6-4-3-5-7-13/h3-10H,11H2,1-2H3/b15-8+. The van der Waals surface area contributed by atoms with E-state index in [0.717, 1.165) is 15.6 Å². The molecule has 0 saturated carbocycles. The Labute approximate surface area is 154 Å². The lowest BCUT2D eigenvalue weighted by Crippen LogP contribution is -2.02. The quantitative estimate of drug-likeness (QED) is 0.551. The van der Waals surface area contributed by atoms with Crippen molar-refractivity contribution in [1.29, 1.82) is 0 Å². The van der Waals surface area contributed by atoms with Gasteiger partial charge in [0.15, 0.2) is 11.5 Å². The number of rotatable bonds is 5. The Morgan fingerprint density at radius 3 is 2.64 bits per heavy atom. The Morgan fingerprint density at radius 2 is 2.00 bits per heavy atom. The summed E-state index contributed by atoms with van der Waals surface area (Å²) in [5.74, 6) is 0.711. The molecule has 0 unspecified atom stereocenters. The summed E-state index contributed by atoms with van der Waals surface area (Å²) in [5.41, 5.74) is 2.80. The number of hydrogen-bond donors (Lipinski definition) is 0. The number of ether oxygens (including phenoxy) is 2. The summed E-state index contributed by atoms with van der Waals surface area (Å²) >= 11 is 3.51. The van der Waals surface area contributed by atoms with Crippen LogP contribution in [0.15, 0.2) is 57.7 Å². The van der Waals surface area contributed by atoms with Crippen LogP contribution in [0.1, 0.15) is 18.1 Å². The van der Waals surface area contributed by atoms with E-state index in [1.807, 2.05) is 36.4 Å². The second-order valence-electron chi connectivity index (χ2n) is 5.42. The first-order valence-electron chi connectivity index (χ1n) is 7.60. The van der Waals surface area contributed by atoms with E-state index in [9.17, 15) is 4.79 Å². The maximum atomic E-state index is 11.7. The molecule has 0 fully saturated rings. The molecule has 0 aliphatic carbocycles. The Morgan fingerprint density at radius 1 is 1.24 bits per heavy atom. The maximum Gasteiger partial charge on any atom is 0.367 e. The van der Waals surface area contributed by atoms with Gasteiger partial charge in [-0.05, 0) is 52.2 Å². The minimum atomic E-state index is -0.461. The molecule has 0 aromatic heterocycles. The van der Waals surface area contributed by atoms with E-state index < -0.39 is 5.97 Å². The van der Waals surface area contributed by atoms with Crippen LogP contribution in [0.25, 0.3) is 6.08 Å². The summed E-state index contributed by atoms with van der Waals surface area (Å²) < 4.78 is 12.1. The van der Waals surface area contributed by atoms with Crippen molar-refractivity contribution in [3.8, 4) is 11.5 Å². The summed E-state index contributed by atoms with van der Waals surface area (Å²) in [4.78, 5) is 16.3. The number of oxime groups is 1. The van der Waals surface area contributed by atoms with Gasteiger partial charge in [-0.3, -0.25) is 0 Å². The predicted molar refractivity (Wildman–Crippen MR) is 98.6 cm³/mol.